The molecule has 0 unspecified atom stereocenters. The fraction of sp³-hybridized carbons (Fsp3) is 0.714. The summed E-state index contributed by atoms with van der Waals surface area (Å²) in [7, 11) is 1.36. The number of carbonyl (C=O) groups is 2. The maximum Gasteiger partial charge on any atom is 0.417 e. The van der Waals surface area contributed by atoms with E-state index in [0.29, 0.717) is 0 Å². The highest BCUT2D eigenvalue weighted by molar-refractivity contribution is 6.17. The lowest BCUT2D eigenvalue weighted by atomic mass is 10.2. The van der Waals surface area contributed by atoms with Crippen LogP contribution >= 0.6 is 11.6 Å². The zero-order valence-electron chi connectivity index (χ0n) is 7.33. The minimum Gasteiger partial charge on any atom is -0.433 e. The van der Waals surface area contributed by atoms with Crippen LogP contribution < -0.4 is 0 Å². The molecule has 0 aliphatic carbocycles. The van der Waals surface area contributed by atoms with Crippen molar-refractivity contribution < 1.29 is 14.3 Å². The molecule has 0 saturated heterocycles. The molecule has 0 rings (SSSR count). The van der Waals surface area contributed by atoms with E-state index in [2.05, 4.69) is 4.74 Å². The minimum absolute atomic E-state index is 0.224. The summed E-state index contributed by atoms with van der Waals surface area (Å²) in [6, 6.07) is -0.242. The van der Waals surface area contributed by atoms with E-state index in [1.165, 1.54) is 7.05 Å². The summed E-state index contributed by atoms with van der Waals surface area (Å²) in [4.78, 5) is 22.9. The molecule has 0 aromatic rings. The lowest BCUT2D eigenvalue weighted by molar-refractivity contribution is -0.131. The van der Waals surface area contributed by atoms with Gasteiger partial charge in [0.1, 0.15) is 0 Å². The van der Waals surface area contributed by atoms with Gasteiger partial charge < -0.3 is 4.74 Å². The molecule has 70 valence electrons. The lowest BCUT2D eigenvalue weighted by Gasteiger charge is -2.15. The first kappa shape index (κ1) is 11.2. The summed E-state index contributed by atoms with van der Waals surface area (Å²) in [6.07, 6.45) is -0.719. The van der Waals surface area contributed by atoms with Crippen molar-refractivity contribution in [2.24, 2.45) is 5.92 Å². The Morgan fingerprint density at radius 3 is 2.33 bits per heavy atom. The highest BCUT2D eigenvalue weighted by atomic mass is 35.5. The van der Waals surface area contributed by atoms with Crippen LogP contribution in [0.25, 0.3) is 0 Å². The molecule has 0 aliphatic rings. The smallest absolute Gasteiger partial charge is 0.417 e. The maximum atomic E-state index is 11.1. The van der Waals surface area contributed by atoms with E-state index in [9.17, 15) is 9.59 Å². The van der Waals surface area contributed by atoms with Crippen LogP contribution in [-0.2, 0) is 9.53 Å². The maximum absolute atomic E-state index is 11.1. The molecule has 0 atom stereocenters. The van der Waals surface area contributed by atoms with Gasteiger partial charge in [0.25, 0.3) is 0 Å². The molecule has 0 heterocycles. The van der Waals surface area contributed by atoms with Crippen molar-refractivity contribution in [1.29, 1.82) is 0 Å². The fourth-order valence-corrected chi connectivity index (χ4v) is 0.714. The highest BCUT2D eigenvalue weighted by Crippen LogP contribution is 2.01. The largest absolute Gasteiger partial charge is 0.433 e. The summed E-state index contributed by atoms with van der Waals surface area (Å²) >= 11 is 5.14. The van der Waals surface area contributed by atoms with Gasteiger partial charge in [-0.15, -0.1) is 0 Å². The fourth-order valence-electron chi connectivity index (χ4n) is 0.621. The number of alkyl halides is 1. The SMILES string of the molecule is CC(C)C(=O)N(C)C(=O)OCCl. The van der Waals surface area contributed by atoms with Gasteiger partial charge in [0.05, 0.1) is 0 Å². The van der Waals surface area contributed by atoms with Gasteiger partial charge >= 0.3 is 6.09 Å². The molecule has 0 aliphatic heterocycles. The van der Waals surface area contributed by atoms with Crippen LogP contribution in [0.3, 0.4) is 0 Å². The monoisotopic (exact) mass is 193 g/mol. The van der Waals surface area contributed by atoms with E-state index in [1.807, 2.05) is 0 Å². The second-order valence-corrected chi connectivity index (χ2v) is 2.79. The predicted molar refractivity (Wildman–Crippen MR) is 44.8 cm³/mol. The molecule has 12 heavy (non-hydrogen) atoms. The number of nitrogens with zero attached hydrogens (tertiary/aromatic N) is 1. The number of rotatable bonds is 2. The molecule has 0 spiro atoms. The van der Waals surface area contributed by atoms with E-state index in [4.69, 9.17) is 11.6 Å². The quantitative estimate of drug-likeness (QED) is 0.624. The number of imide groups is 1. The molecular weight excluding hydrogens is 182 g/mol. The van der Waals surface area contributed by atoms with E-state index >= 15 is 0 Å². The van der Waals surface area contributed by atoms with Crippen molar-refractivity contribution in [2.75, 3.05) is 13.1 Å². The van der Waals surface area contributed by atoms with Gasteiger partial charge in [-0.3, -0.25) is 9.69 Å². The molecule has 0 saturated carbocycles. The first-order valence-electron chi connectivity index (χ1n) is 3.51. The Hall–Kier alpha value is -0.770. The molecule has 4 nitrogen and oxygen atoms in total. The van der Waals surface area contributed by atoms with Crippen LogP contribution in [0.15, 0.2) is 0 Å². The predicted octanol–water partition coefficient (Wildman–Crippen LogP) is 1.43. The van der Waals surface area contributed by atoms with E-state index in [-0.39, 0.29) is 17.9 Å². The van der Waals surface area contributed by atoms with Crippen LogP contribution in [0.4, 0.5) is 4.79 Å². The molecule has 5 heteroatoms. The van der Waals surface area contributed by atoms with E-state index in [1.54, 1.807) is 13.8 Å². The van der Waals surface area contributed by atoms with Crippen molar-refractivity contribution in [3.05, 3.63) is 0 Å². The Morgan fingerprint density at radius 1 is 1.50 bits per heavy atom. The van der Waals surface area contributed by atoms with E-state index < -0.39 is 6.09 Å². The van der Waals surface area contributed by atoms with Crippen molar-refractivity contribution in [1.82, 2.24) is 4.90 Å². The van der Waals surface area contributed by atoms with Gasteiger partial charge in [0.15, 0.2) is 6.07 Å². The Balaban J connectivity index is 4.10. The summed E-state index contributed by atoms with van der Waals surface area (Å²) in [6.45, 7) is 3.40. The molecule has 0 radical (unpaired) electrons. The molecule has 0 fully saturated rings. The zero-order valence-corrected chi connectivity index (χ0v) is 8.09. The first-order valence-corrected chi connectivity index (χ1v) is 4.04. The van der Waals surface area contributed by atoms with Gasteiger partial charge in [-0.2, -0.15) is 0 Å². The third kappa shape index (κ3) is 3.09. The Labute approximate surface area is 76.4 Å². The van der Waals surface area contributed by atoms with Gasteiger partial charge in [-0.25, -0.2) is 4.79 Å². The average Bonchev–Trinajstić information content (AvgIpc) is 2.02. The lowest BCUT2D eigenvalue weighted by Crippen LogP contribution is -2.36. The van der Waals surface area contributed by atoms with Crippen LogP contribution in [-0.4, -0.2) is 30.0 Å². The van der Waals surface area contributed by atoms with Crippen molar-refractivity contribution in [3.8, 4) is 0 Å². The Morgan fingerprint density at radius 2 is 2.00 bits per heavy atom. The van der Waals surface area contributed by atoms with Gasteiger partial charge in [-0.1, -0.05) is 25.4 Å². The third-order valence-electron chi connectivity index (χ3n) is 1.28. The minimum atomic E-state index is -0.719. The Kier molecular flexibility index (Phi) is 4.66. The summed E-state index contributed by atoms with van der Waals surface area (Å²) < 4.78 is 4.41. The van der Waals surface area contributed by atoms with Crippen LogP contribution in [0.1, 0.15) is 13.8 Å². The van der Waals surface area contributed by atoms with Crippen LogP contribution in [0.5, 0.6) is 0 Å². The molecule has 0 aromatic heterocycles. The summed E-state index contributed by atoms with van der Waals surface area (Å²) in [5, 5.41) is 0. The second-order valence-electron chi connectivity index (χ2n) is 2.57. The molecule has 0 aromatic carbocycles. The second kappa shape index (κ2) is 4.98. The topological polar surface area (TPSA) is 46.6 Å². The van der Waals surface area contributed by atoms with Crippen molar-refractivity contribution in [2.45, 2.75) is 13.8 Å². The normalized spacial score (nSPS) is 9.75. The molecule has 0 N–H and O–H groups in total. The van der Waals surface area contributed by atoms with Crippen molar-refractivity contribution in [3.63, 3.8) is 0 Å². The van der Waals surface area contributed by atoms with E-state index in [0.717, 1.165) is 4.90 Å². The highest BCUT2D eigenvalue weighted by Gasteiger charge is 2.20. The molecule has 2 amide bonds. The van der Waals surface area contributed by atoms with Crippen molar-refractivity contribution >= 4 is 23.6 Å². The third-order valence-corrected chi connectivity index (χ3v) is 1.39. The van der Waals surface area contributed by atoms with Crippen LogP contribution in [0.2, 0.25) is 0 Å². The summed E-state index contributed by atoms with van der Waals surface area (Å²) in [5.41, 5.74) is 0. The zero-order chi connectivity index (χ0) is 9.72. The average molecular weight is 194 g/mol. The first-order chi connectivity index (χ1) is 5.50. The van der Waals surface area contributed by atoms with Crippen LogP contribution in [0, 0.1) is 5.92 Å². The number of amides is 2. The Bertz CT molecular complexity index is 181. The van der Waals surface area contributed by atoms with Gasteiger partial charge in [0.2, 0.25) is 5.91 Å². The summed E-state index contributed by atoms with van der Waals surface area (Å²) in [5.74, 6) is -0.511. The molecule has 0 bridgehead atoms. The molecular formula is C7H12ClNO3. The number of halogens is 1. The number of hydrogen-bond donors (Lipinski definition) is 0. The van der Waals surface area contributed by atoms with Gasteiger partial charge in [0, 0.05) is 13.0 Å². The number of ether oxygens (including phenoxy) is 1. The van der Waals surface area contributed by atoms with Gasteiger partial charge in [-0.05, 0) is 0 Å². The number of hydrogen-bond acceptors (Lipinski definition) is 3. The standard InChI is InChI=1S/C7H12ClNO3/c1-5(2)6(10)9(3)7(11)12-4-8/h5H,4H2,1-3H3. The number of carbonyl (C=O) groups excluding carboxylic acids is 2.